The Morgan fingerprint density at radius 3 is 2.21 bits per heavy atom. The number of fused-ring (bicyclic) bond motifs is 1. The Balaban J connectivity index is 2.00. The van der Waals surface area contributed by atoms with Crippen LogP contribution in [-0.2, 0) is 6.18 Å². The maximum Gasteiger partial charge on any atom is 0.417 e. The molecule has 0 unspecified atom stereocenters. The summed E-state index contributed by atoms with van der Waals surface area (Å²) in [6.45, 7) is 0. The number of hydrogen-bond donors (Lipinski definition) is 0. The van der Waals surface area contributed by atoms with Crippen molar-refractivity contribution in [1.29, 1.82) is 0 Å². The summed E-state index contributed by atoms with van der Waals surface area (Å²) >= 11 is 0. The molecule has 0 aromatic heterocycles. The molecule has 0 bridgehead atoms. The van der Waals surface area contributed by atoms with E-state index in [2.05, 4.69) is 0 Å². The number of anilines is 1. The molecule has 1 amide bonds. The van der Waals surface area contributed by atoms with Crippen LogP contribution < -0.4 is 4.90 Å². The third-order valence-corrected chi connectivity index (χ3v) is 3.89. The Bertz CT molecular complexity index is 902. The topological polar surface area (TPSA) is 20.3 Å². The Morgan fingerprint density at radius 1 is 0.875 bits per heavy atom. The summed E-state index contributed by atoms with van der Waals surface area (Å²) in [6, 6.07) is 17.7. The number of carbonyl (C=O) groups is 1. The van der Waals surface area contributed by atoms with Crippen LogP contribution >= 0.6 is 0 Å². The third kappa shape index (κ3) is 2.97. The van der Waals surface area contributed by atoms with Crippen molar-refractivity contribution in [2.75, 3.05) is 11.9 Å². The van der Waals surface area contributed by atoms with Gasteiger partial charge in [0.2, 0.25) is 0 Å². The first-order valence-electron chi connectivity index (χ1n) is 7.31. The highest BCUT2D eigenvalue weighted by Crippen LogP contribution is 2.33. The van der Waals surface area contributed by atoms with Gasteiger partial charge in [-0.3, -0.25) is 4.79 Å². The minimum absolute atomic E-state index is 0.361. The molecule has 0 heterocycles. The van der Waals surface area contributed by atoms with Crippen LogP contribution in [0, 0.1) is 0 Å². The van der Waals surface area contributed by atoms with Crippen molar-refractivity contribution >= 4 is 22.4 Å². The van der Waals surface area contributed by atoms with Crippen molar-refractivity contribution in [3.63, 3.8) is 0 Å². The second-order valence-corrected chi connectivity index (χ2v) is 5.44. The molecule has 0 saturated carbocycles. The molecule has 0 saturated heterocycles. The van der Waals surface area contributed by atoms with E-state index in [0.717, 1.165) is 16.8 Å². The highest BCUT2D eigenvalue weighted by Gasteiger charge is 2.35. The largest absolute Gasteiger partial charge is 0.417 e. The summed E-state index contributed by atoms with van der Waals surface area (Å²) in [5.74, 6) is -0.696. The lowest BCUT2D eigenvalue weighted by molar-refractivity contribution is -0.137. The summed E-state index contributed by atoms with van der Waals surface area (Å²) in [6.07, 6.45) is -4.57. The fourth-order valence-electron chi connectivity index (χ4n) is 2.60. The Labute approximate surface area is 137 Å². The lowest BCUT2D eigenvalue weighted by atomic mass is 10.0. The number of halogens is 3. The molecule has 2 nitrogen and oxygen atoms in total. The zero-order chi connectivity index (χ0) is 17.3. The van der Waals surface area contributed by atoms with Gasteiger partial charge in [0.25, 0.3) is 5.91 Å². The summed E-state index contributed by atoms with van der Waals surface area (Å²) in [5.41, 5.74) is -0.751. The molecule has 0 fully saturated rings. The first kappa shape index (κ1) is 16.1. The maximum atomic E-state index is 13.1. The molecule has 3 aromatic carbocycles. The molecule has 5 heteroatoms. The number of carbonyl (C=O) groups excluding carboxylic acids is 1. The molecule has 0 radical (unpaired) electrons. The van der Waals surface area contributed by atoms with Gasteiger partial charge in [-0.2, -0.15) is 13.2 Å². The van der Waals surface area contributed by atoms with Gasteiger partial charge in [0.05, 0.1) is 11.1 Å². The zero-order valence-electron chi connectivity index (χ0n) is 12.8. The van der Waals surface area contributed by atoms with Gasteiger partial charge >= 0.3 is 6.18 Å². The number of alkyl halides is 3. The number of hydrogen-bond acceptors (Lipinski definition) is 1. The number of benzene rings is 3. The average Bonchev–Trinajstić information content (AvgIpc) is 2.59. The monoisotopic (exact) mass is 329 g/mol. The SMILES string of the molecule is CN(C(=O)c1ccccc1C(F)(F)F)c1ccc2ccccc2c1. The minimum atomic E-state index is -4.57. The zero-order valence-corrected chi connectivity index (χ0v) is 12.8. The van der Waals surface area contributed by atoms with Gasteiger partial charge in [0.15, 0.2) is 0 Å². The van der Waals surface area contributed by atoms with Crippen LogP contribution in [0.5, 0.6) is 0 Å². The summed E-state index contributed by atoms with van der Waals surface area (Å²) in [4.78, 5) is 13.8. The maximum absolute atomic E-state index is 13.1. The first-order valence-corrected chi connectivity index (χ1v) is 7.31. The molecule has 3 rings (SSSR count). The quantitative estimate of drug-likeness (QED) is 0.638. The summed E-state index contributed by atoms with van der Waals surface area (Å²) < 4.78 is 39.3. The van der Waals surface area contributed by atoms with Crippen LogP contribution in [0.1, 0.15) is 15.9 Å². The third-order valence-electron chi connectivity index (χ3n) is 3.89. The van der Waals surface area contributed by atoms with Crippen molar-refractivity contribution in [3.05, 3.63) is 77.9 Å². The minimum Gasteiger partial charge on any atom is -0.311 e. The molecular formula is C19H14F3NO. The van der Waals surface area contributed by atoms with E-state index in [0.29, 0.717) is 5.69 Å². The molecule has 0 aliphatic carbocycles. The van der Waals surface area contributed by atoms with Crippen LogP contribution in [0.3, 0.4) is 0 Å². The first-order chi connectivity index (χ1) is 11.4. The Kier molecular flexibility index (Phi) is 4.01. The molecule has 122 valence electrons. The molecular weight excluding hydrogens is 315 g/mol. The standard InChI is InChI=1S/C19H14F3NO/c1-23(15-11-10-13-6-2-3-7-14(13)12-15)18(24)16-8-4-5-9-17(16)19(20,21)22/h2-12H,1H3. The lowest BCUT2D eigenvalue weighted by Gasteiger charge is -2.20. The van der Waals surface area contributed by atoms with Gasteiger partial charge in [-0.05, 0) is 35.0 Å². The summed E-state index contributed by atoms with van der Waals surface area (Å²) in [5, 5.41) is 1.91. The van der Waals surface area contributed by atoms with E-state index in [4.69, 9.17) is 0 Å². The van der Waals surface area contributed by atoms with Crippen molar-refractivity contribution in [1.82, 2.24) is 0 Å². The molecule has 0 aliphatic heterocycles. The highest BCUT2D eigenvalue weighted by molar-refractivity contribution is 6.07. The Morgan fingerprint density at radius 2 is 1.50 bits per heavy atom. The van der Waals surface area contributed by atoms with E-state index in [1.165, 1.54) is 30.1 Å². The van der Waals surface area contributed by atoms with Crippen molar-refractivity contribution in [3.8, 4) is 0 Å². The van der Waals surface area contributed by atoms with E-state index in [1.807, 2.05) is 30.3 Å². The van der Waals surface area contributed by atoms with Gasteiger partial charge in [-0.1, -0.05) is 42.5 Å². The van der Waals surface area contributed by atoms with E-state index in [9.17, 15) is 18.0 Å². The van der Waals surface area contributed by atoms with Gasteiger partial charge in [0.1, 0.15) is 0 Å². The van der Waals surface area contributed by atoms with Crippen LogP contribution in [0.15, 0.2) is 66.7 Å². The molecule has 24 heavy (non-hydrogen) atoms. The van der Waals surface area contributed by atoms with E-state index >= 15 is 0 Å². The Hall–Kier alpha value is -2.82. The number of nitrogens with zero attached hydrogens (tertiary/aromatic N) is 1. The van der Waals surface area contributed by atoms with Gasteiger partial charge in [-0.15, -0.1) is 0 Å². The van der Waals surface area contributed by atoms with Gasteiger partial charge < -0.3 is 4.90 Å². The predicted molar refractivity (Wildman–Crippen MR) is 88.1 cm³/mol. The van der Waals surface area contributed by atoms with Crippen molar-refractivity contribution in [2.24, 2.45) is 0 Å². The smallest absolute Gasteiger partial charge is 0.311 e. The van der Waals surface area contributed by atoms with Gasteiger partial charge in [0, 0.05) is 12.7 Å². The normalized spacial score (nSPS) is 11.5. The van der Waals surface area contributed by atoms with Crippen LogP contribution in [0.2, 0.25) is 0 Å². The summed E-state index contributed by atoms with van der Waals surface area (Å²) in [7, 11) is 1.47. The van der Waals surface area contributed by atoms with Gasteiger partial charge in [-0.25, -0.2) is 0 Å². The fraction of sp³-hybridized carbons (Fsp3) is 0.105. The van der Waals surface area contributed by atoms with Crippen LogP contribution in [0.25, 0.3) is 10.8 Å². The second kappa shape index (κ2) is 6.00. The van der Waals surface area contributed by atoms with Crippen LogP contribution in [0.4, 0.5) is 18.9 Å². The lowest BCUT2D eigenvalue weighted by Crippen LogP contribution is -2.28. The molecule has 0 N–H and O–H groups in total. The van der Waals surface area contributed by atoms with E-state index < -0.39 is 17.6 Å². The second-order valence-electron chi connectivity index (χ2n) is 5.44. The molecule has 0 aliphatic rings. The van der Waals surface area contributed by atoms with Crippen LogP contribution in [-0.4, -0.2) is 13.0 Å². The molecule has 0 spiro atoms. The number of amides is 1. The molecule has 3 aromatic rings. The van der Waals surface area contributed by atoms with E-state index in [1.54, 1.807) is 12.1 Å². The van der Waals surface area contributed by atoms with Crippen molar-refractivity contribution in [2.45, 2.75) is 6.18 Å². The highest BCUT2D eigenvalue weighted by atomic mass is 19.4. The van der Waals surface area contributed by atoms with E-state index in [-0.39, 0.29) is 5.56 Å². The average molecular weight is 329 g/mol. The number of rotatable bonds is 2. The fourth-order valence-corrected chi connectivity index (χ4v) is 2.60. The predicted octanol–water partition coefficient (Wildman–Crippen LogP) is 5.14. The molecule has 0 atom stereocenters. The van der Waals surface area contributed by atoms with Crippen molar-refractivity contribution < 1.29 is 18.0 Å².